The minimum Gasteiger partial charge on any atom is -0.378 e. The number of carbonyl (C=O) groups excluding carboxylic acids is 2. The van der Waals surface area contributed by atoms with E-state index in [1.54, 1.807) is 6.92 Å². The lowest BCUT2D eigenvalue weighted by molar-refractivity contribution is -0.123. The lowest BCUT2D eigenvalue weighted by Gasteiger charge is -2.29. The van der Waals surface area contributed by atoms with Gasteiger partial charge in [-0.25, -0.2) is 4.79 Å². The van der Waals surface area contributed by atoms with Gasteiger partial charge in [-0.3, -0.25) is 4.79 Å². The molecule has 7 heteroatoms. The molecule has 0 unspecified atom stereocenters. The fourth-order valence-electron chi connectivity index (χ4n) is 2.50. The van der Waals surface area contributed by atoms with Crippen LogP contribution in [0.5, 0.6) is 0 Å². The molecule has 1 aliphatic heterocycles. The first-order valence-corrected chi connectivity index (χ1v) is 8.80. The number of morpholine rings is 1. The molecule has 7 nitrogen and oxygen atoms in total. The number of hydrogen-bond donors (Lipinski definition) is 3. The SMILES string of the molecule is CC[C@@H](C)NC(=O)[C@@H](C)NC(=O)Nc1cccc(N2CCOCC2)c1. The summed E-state index contributed by atoms with van der Waals surface area (Å²) in [6.07, 6.45) is 0.846. The van der Waals surface area contributed by atoms with E-state index in [-0.39, 0.29) is 11.9 Å². The Labute approximate surface area is 149 Å². The molecule has 1 heterocycles. The first-order valence-electron chi connectivity index (χ1n) is 8.80. The zero-order valence-corrected chi connectivity index (χ0v) is 15.2. The van der Waals surface area contributed by atoms with Gasteiger partial charge in [0.25, 0.3) is 0 Å². The van der Waals surface area contributed by atoms with E-state index >= 15 is 0 Å². The first-order chi connectivity index (χ1) is 12.0. The van der Waals surface area contributed by atoms with E-state index in [2.05, 4.69) is 20.9 Å². The Hall–Kier alpha value is -2.28. The molecule has 1 saturated heterocycles. The maximum absolute atomic E-state index is 12.1. The Kier molecular flexibility index (Phi) is 7.06. The van der Waals surface area contributed by atoms with Crippen LogP contribution in [0.3, 0.4) is 0 Å². The zero-order chi connectivity index (χ0) is 18.2. The fraction of sp³-hybridized carbons (Fsp3) is 0.556. The molecule has 0 bridgehead atoms. The lowest BCUT2D eigenvalue weighted by atomic mass is 10.2. The van der Waals surface area contributed by atoms with Crippen LogP contribution in [0.4, 0.5) is 16.2 Å². The molecule has 1 aromatic rings. The molecule has 0 radical (unpaired) electrons. The van der Waals surface area contributed by atoms with Crippen molar-refractivity contribution >= 4 is 23.3 Å². The molecule has 0 spiro atoms. The van der Waals surface area contributed by atoms with E-state index in [0.29, 0.717) is 18.9 Å². The summed E-state index contributed by atoms with van der Waals surface area (Å²) in [5, 5.41) is 8.30. The molecule has 1 fully saturated rings. The number of anilines is 2. The Morgan fingerprint density at radius 2 is 1.92 bits per heavy atom. The third kappa shape index (κ3) is 5.94. The van der Waals surface area contributed by atoms with Crippen LogP contribution < -0.4 is 20.9 Å². The Morgan fingerprint density at radius 1 is 1.20 bits per heavy atom. The molecule has 25 heavy (non-hydrogen) atoms. The number of amides is 3. The lowest BCUT2D eigenvalue weighted by Crippen LogP contribution is -2.48. The smallest absolute Gasteiger partial charge is 0.319 e. The van der Waals surface area contributed by atoms with E-state index in [1.807, 2.05) is 38.1 Å². The predicted octanol–water partition coefficient (Wildman–Crippen LogP) is 1.95. The van der Waals surface area contributed by atoms with Gasteiger partial charge in [-0.15, -0.1) is 0 Å². The van der Waals surface area contributed by atoms with Gasteiger partial charge in [0.05, 0.1) is 13.2 Å². The van der Waals surface area contributed by atoms with Crippen molar-refractivity contribution in [2.75, 3.05) is 36.5 Å². The maximum atomic E-state index is 12.1. The molecule has 1 aliphatic rings. The van der Waals surface area contributed by atoms with Crippen LogP contribution >= 0.6 is 0 Å². The highest BCUT2D eigenvalue weighted by Gasteiger charge is 2.17. The second-order valence-corrected chi connectivity index (χ2v) is 6.29. The van der Waals surface area contributed by atoms with Gasteiger partial charge in [0.1, 0.15) is 6.04 Å². The summed E-state index contributed by atoms with van der Waals surface area (Å²) in [6.45, 7) is 8.69. The normalized spacial score (nSPS) is 16.7. The van der Waals surface area contributed by atoms with Gasteiger partial charge in [-0.2, -0.15) is 0 Å². The molecule has 138 valence electrons. The Balaban J connectivity index is 1.88. The van der Waals surface area contributed by atoms with Gasteiger partial charge in [0.15, 0.2) is 0 Å². The summed E-state index contributed by atoms with van der Waals surface area (Å²) in [7, 11) is 0. The van der Waals surface area contributed by atoms with E-state index < -0.39 is 12.1 Å². The van der Waals surface area contributed by atoms with E-state index in [1.165, 1.54) is 0 Å². The van der Waals surface area contributed by atoms with Gasteiger partial charge in [0, 0.05) is 30.5 Å². The van der Waals surface area contributed by atoms with Crippen molar-refractivity contribution < 1.29 is 14.3 Å². The third-order valence-electron chi connectivity index (χ3n) is 4.22. The van der Waals surface area contributed by atoms with Crippen LogP contribution in [0.25, 0.3) is 0 Å². The van der Waals surface area contributed by atoms with Crippen molar-refractivity contribution in [1.82, 2.24) is 10.6 Å². The van der Waals surface area contributed by atoms with Gasteiger partial charge in [-0.1, -0.05) is 13.0 Å². The van der Waals surface area contributed by atoms with Crippen LogP contribution in [0, 0.1) is 0 Å². The second-order valence-electron chi connectivity index (χ2n) is 6.29. The number of urea groups is 1. The topological polar surface area (TPSA) is 82.7 Å². The predicted molar refractivity (Wildman–Crippen MR) is 99.0 cm³/mol. The van der Waals surface area contributed by atoms with Crippen LogP contribution in [0.2, 0.25) is 0 Å². The Bertz CT molecular complexity index is 587. The largest absolute Gasteiger partial charge is 0.378 e. The van der Waals surface area contributed by atoms with Gasteiger partial charge >= 0.3 is 6.03 Å². The fourth-order valence-corrected chi connectivity index (χ4v) is 2.50. The average molecular weight is 348 g/mol. The van der Waals surface area contributed by atoms with E-state index in [9.17, 15) is 9.59 Å². The first kappa shape index (κ1) is 19.1. The van der Waals surface area contributed by atoms with Crippen molar-refractivity contribution in [3.8, 4) is 0 Å². The molecular weight excluding hydrogens is 320 g/mol. The molecule has 2 rings (SSSR count). The number of carbonyl (C=O) groups is 2. The van der Waals surface area contributed by atoms with Gasteiger partial charge in [-0.05, 0) is 38.5 Å². The molecule has 0 aromatic heterocycles. The number of hydrogen-bond acceptors (Lipinski definition) is 4. The Morgan fingerprint density at radius 3 is 2.60 bits per heavy atom. The molecule has 3 amide bonds. The molecule has 1 aromatic carbocycles. The molecule has 0 saturated carbocycles. The summed E-state index contributed by atoms with van der Waals surface area (Å²) in [6, 6.07) is 6.76. The van der Waals surface area contributed by atoms with E-state index in [4.69, 9.17) is 4.74 Å². The highest BCUT2D eigenvalue weighted by molar-refractivity contribution is 5.93. The summed E-state index contributed by atoms with van der Waals surface area (Å²) >= 11 is 0. The van der Waals surface area contributed by atoms with Crippen molar-refractivity contribution in [3.63, 3.8) is 0 Å². The third-order valence-corrected chi connectivity index (χ3v) is 4.22. The number of nitrogens with zero attached hydrogens (tertiary/aromatic N) is 1. The van der Waals surface area contributed by atoms with Crippen LogP contribution in [-0.2, 0) is 9.53 Å². The highest BCUT2D eigenvalue weighted by atomic mass is 16.5. The molecule has 3 N–H and O–H groups in total. The monoisotopic (exact) mass is 348 g/mol. The minimum atomic E-state index is -0.601. The average Bonchev–Trinajstić information content (AvgIpc) is 2.62. The quantitative estimate of drug-likeness (QED) is 0.734. The molecular formula is C18H28N4O3. The van der Waals surface area contributed by atoms with Crippen molar-refractivity contribution in [2.24, 2.45) is 0 Å². The number of ether oxygens (including phenoxy) is 1. The van der Waals surface area contributed by atoms with Crippen LogP contribution in [0.15, 0.2) is 24.3 Å². The highest BCUT2D eigenvalue weighted by Crippen LogP contribution is 2.20. The van der Waals surface area contributed by atoms with Crippen molar-refractivity contribution in [1.29, 1.82) is 0 Å². The van der Waals surface area contributed by atoms with Gasteiger partial charge < -0.3 is 25.6 Å². The zero-order valence-electron chi connectivity index (χ0n) is 15.2. The number of benzene rings is 1. The van der Waals surface area contributed by atoms with Crippen LogP contribution in [0.1, 0.15) is 27.2 Å². The van der Waals surface area contributed by atoms with Gasteiger partial charge in [0.2, 0.25) is 5.91 Å². The van der Waals surface area contributed by atoms with Crippen molar-refractivity contribution in [2.45, 2.75) is 39.3 Å². The second kappa shape index (κ2) is 9.27. The molecule has 2 atom stereocenters. The molecule has 0 aliphatic carbocycles. The minimum absolute atomic E-state index is 0.0880. The standard InChI is InChI=1S/C18H28N4O3/c1-4-13(2)19-17(23)14(3)20-18(24)21-15-6-5-7-16(12-15)22-8-10-25-11-9-22/h5-7,12-14H,4,8-11H2,1-3H3,(H,19,23)(H2,20,21,24)/t13-,14-/m1/s1. The van der Waals surface area contributed by atoms with Crippen LogP contribution in [-0.4, -0.2) is 50.3 Å². The summed E-state index contributed by atoms with van der Waals surface area (Å²) in [5.41, 5.74) is 1.74. The van der Waals surface area contributed by atoms with Crippen molar-refractivity contribution in [3.05, 3.63) is 24.3 Å². The number of nitrogens with one attached hydrogen (secondary N) is 3. The maximum Gasteiger partial charge on any atom is 0.319 e. The number of rotatable bonds is 6. The van der Waals surface area contributed by atoms with E-state index in [0.717, 1.165) is 25.2 Å². The summed E-state index contributed by atoms with van der Waals surface area (Å²) < 4.78 is 5.36. The summed E-state index contributed by atoms with van der Waals surface area (Å²) in [4.78, 5) is 26.3. The summed E-state index contributed by atoms with van der Waals surface area (Å²) in [5.74, 6) is -0.188.